The quantitative estimate of drug-likeness (QED) is 0.560. The van der Waals surface area contributed by atoms with E-state index >= 15 is 0 Å². The summed E-state index contributed by atoms with van der Waals surface area (Å²) in [5, 5.41) is 8.99. The van der Waals surface area contributed by atoms with Crippen LogP contribution in [0.5, 0.6) is 0 Å². The van der Waals surface area contributed by atoms with Crippen molar-refractivity contribution in [2.75, 3.05) is 0 Å². The van der Waals surface area contributed by atoms with Gasteiger partial charge in [-0.2, -0.15) is 0 Å². The summed E-state index contributed by atoms with van der Waals surface area (Å²) in [5.41, 5.74) is 0. The molecule has 0 aliphatic carbocycles. The lowest BCUT2D eigenvalue weighted by atomic mass is 10.1. The molecule has 3 atom stereocenters. The summed E-state index contributed by atoms with van der Waals surface area (Å²) >= 11 is 0. The predicted octanol–water partition coefficient (Wildman–Crippen LogP) is 0.791. The average Bonchev–Trinajstić information content (AvgIpc) is 2.39. The van der Waals surface area contributed by atoms with Crippen molar-refractivity contribution in [3.63, 3.8) is 0 Å². The molecule has 0 aromatic rings. The van der Waals surface area contributed by atoms with E-state index < -0.39 is 0 Å². The lowest BCUT2D eigenvalue weighted by Crippen LogP contribution is -2.14. The molecule has 1 fully saturated rings. The summed E-state index contributed by atoms with van der Waals surface area (Å²) in [5.74, 6) is 0.546. The Morgan fingerprint density at radius 3 is 1.89 bits per heavy atom. The zero-order valence-corrected chi connectivity index (χ0v) is 6.16. The van der Waals surface area contributed by atoms with E-state index in [0.29, 0.717) is 12.0 Å². The molecule has 0 amide bonds. The number of aliphatic hydroxyl groups is 1. The van der Waals surface area contributed by atoms with Crippen LogP contribution >= 0.6 is 0 Å². The summed E-state index contributed by atoms with van der Waals surface area (Å²) < 4.78 is 5.19. The smallest absolute Gasteiger partial charge is 0.110 e. The standard InChI is InChI=1S/C7H14O2/c1-4(2)6-7(9-6)5(3)8/h4-8H,1-3H3. The van der Waals surface area contributed by atoms with Crippen LogP contribution in [-0.4, -0.2) is 23.4 Å². The largest absolute Gasteiger partial charge is 0.391 e. The van der Waals surface area contributed by atoms with Crippen LogP contribution in [-0.2, 0) is 4.74 Å². The maximum atomic E-state index is 8.99. The molecule has 9 heavy (non-hydrogen) atoms. The Kier molecular flexibility index (Phi) is 1.78. The summed E-state index contributed by atoms with van der Waals surface area (Å²) in [4.78, 5) is 0. The van der Waals surface area contributed by atoms with Gasteiger partial charge in [-0.25, -0.2) is 0 Å². The molecule has 54 valence electrons. The van der Waals surface area contributed by atoms with Gasteiger partial charge >= 0.3 is 0 Å². The molecule has 0 bridgehead atoms. The van der Waals surface area contributed by atoms with Crippen LogP contribution in [0.1, 0.15) is 20.8 Å². The van der Waals surface area contributed by atoms with Crippen molar-refractivity contribution in [3.8, 4) is 0 Å². The highest BCUT2D eigenvalue weighted by Gasteiger charge is 2.44. The molecule has 2 nitrogen and oxygen atoms in total. The van der Waals surface area contributed by atoms with Gasteiger partial charge in [0.1, 0.15) is 6.10 Å². The maximum Gasteiger partial charge on any atom is 0.110 e. The highest BCUT2D eigenvalue weighted by atomic mass is 16.6. The van der Waals surface area contributed by atoms with Crippen molar-refractivity contribution in [2.45, 2.75) is 39.1 Å². The number of epoxide rings is 1. The Morgan fingerprint density at radius 1 is 1.22 bits per heavy atom. The van der Waals surface area contributed by atoms with Gasteiger partial charge in [-0.15, -0.1) is 0 Å². The third-order valence-corrected chi connectivity index (χ3v) is 1.69. The van der Waals surface area contributed by atoms with Crippen molar-refractivity contribution in [3.05, 3.63) is 0 Å². The molecule has 1 rings (SSSR count). The van der Waals surface area contributed by atoms with Crippen LogP contribution in [0.2, 0.25) is 0 Å². The first kappa shape index (κ1) is 7.03. The van der Waals surface area contributed by atoms with Crippen molar-refractivity contribution < 1.29 is 9.84 Å². The van der Waals surface area contributed by atoms with E-state index in [0.717, 1.165) is 0 Å². The van der Waals surface area contributed by atoms with Crippen LogP contribution < -0.4 is 0 Å². The Labute approximate surface area is 55.8 Å². The molecule has 0 spiro atoms. The molecule has 2 heteroatoms. The fraction of sp³-hybridized carbons (Fsp3) is 1.00. The number of hydrogen-bond donors (Lipinski definition) is 1. The van der Waals surface area contributed by atoms with Crippen LogP contribution in [0.25, 0.3) is 0 Å². The Morgan fingerprint density at radius 2 is 1.78 bits per heavy atom. The summed E-state index contributed by atoms with van der Waals surface area (Å²) in [6.07, 6.45) is 0.132. The van der Waals surface area contributed by atoms with Crippen LogP contribution in [0.4, 0.5) is 0 Å². The molecule has 1 heterocycles. The second-order valence-electron chi connectivity index (χ2n) is 3.05. The monoisotopic (exact) mass is 130 g/mol. The van der Waals surface area contributed by atoms with Crippen molar-refractivity contribution in [2.24, 2.45) is 5.92 Å². The van der Waals surface area contributed by atoms with Crippen molar-refractivity contribution in [1.29, 1.82) is 0 Å². The Hall–Kier alpha value is -0.0800. The number of aliphatic hydroxyl groups excluding tert-OH is 1. The van der Waals surface area contributed by atoms with E-state index in [-0.39, 0.29) is 12.2 Å². The van der Waals surface area contributed by atoms with Gasteiger partial charge in [0.2, 0.25) is 0 Å². The van der Waals surface area contributed by atoms with E-state index in [1.165, 1.54) is 0 Å². The number of hydrogen-bond acceptors (Lipinski definition) is 2. The van der Waals surface area contributed by atoms with E-state index in [9.17, 15) is 0 Å². The van der Waals surface area contributed by atoms with Gasteiger partial charge in [-0.3, -0.25) is 0 Å². The van der Waals surface area contributed by atoms with Gasteiger partial charge in [0, 0.05) is 0 Å². The topological polar surface area (TPSA) is 32.8 Å². The minimum absolute atomic E-state index is 0.116. The normalized spacial score (nSPS) is 37.0. The fourth-order valence-electron chi connectivity index (χ4n) is 1.06. The van der Waals surface area contributed by atoms with Crippen LogP contribution in [0.15, 0.2) is 0 Å². The first-order valence-electron chi connectivity index (χ1n) is 3.46. The Bertz CT molecular complexity index is 87.1. The molecule has 1 aliphatic heterocycles. The molecular formula is C7H14O2. The van der Waals surface area contributed by atoms with Gasteiger partial charge in [-0.05, 0) is 12.8 Å². The first-order valence-corrected chi connectivity index (χ1v) is 3.46. The lowest BCUT2D eigenvalue weighted by molar-refractivity contribution is 0.152. The van der Waals surface area contributed by atoms with Crippen molar-refractivity contribution >= 4 is 0 Å². The summed E-state index contributed by atoms with van der Waals surface area (Å²) in [6, 6.07) is 0. The second kappa shape index (κ2) is 2.27. The maximum absolute atomic E-state index is 8.99. The fourth-order valence-corrected chi connectivity index (χ4v) is 1.06. The van der Waals surface area contributed by atoms with Gasteiger partial charge in [0.05, 0.1) is 12.2 Å². The van der Waals surface area contributed by atoms with E-state index in [2.05, 4.69) is 13.8 Å². The minimum atomic E-state index is -0.294. The van der Waals surface area contributed by atoms with Crippen LogP contribution in [0, 0.1) is 5.92 Å². The molecule has 0 saturated carbocycles. The Balaban J connectivity index is 2.24. The highest BCUT2D eigenvalue weighted by Crippen LogP contribution is 2.31. The molecule has 0 aromatic heterocycles. The molecule has 0 radical (unpaired) electrons. The summed E-state index contributed by atoms with van der Waals surface area (Å²) in [6.45, 7) is 5.98. The molecule has 1 N–H and O–H groups in total. The third-order valence-electron chi connectivity index (χ3n) is 1.69. The van der Waals surface area contributed by atoms with Crippen molar-refractivity contribution in [1.82, 2.24) is 0 Å². The molecule has 0 aromatic carbocycles. The van der Waals surface area contributed by atoms with E-state index in [4.69, 9.17) is 9.84 Å². The van der Waals surface area contributed by atoms with Gasteiger partial charge in [0.15, 0.2) is 0 Å². The number of rotatable bonds is 2. The van der Waals surface area contributed by atoms with Gasteiger partial charge in [-0.1, -0.05) is 13.8 Å². The minimum Gasteiger partial charge on any atom is -0.391 e. The predicted molar refractivity (Wildman–Crippen MR) is 35.2 cm³/mol. The average molecular weight is 130 g/mol. The molecule has 1 saturated heterocycles. The SMILES string of the molecule is CC(C)C1OC1C(C)O. The zero-order chi connectivity index (χ0) is 7.02. The molecular weight excluding hydrogens is 116 g/mol. The zero-order valence-electron chi connectivity index (χ0n) is 6.16. The number of ether oxygens (including phenoxy) is 1. The highest BCUT2D eigenvalue weighted by molar-refractivity contribution is 4.90. The van der Waals surface area contributed by atoms with Crippen LogP contribution in [0.3, 0.4) is 0 Å². The molecule has 1 aliphatic rings. The second-order valence-corrected chi connectivity index (χ2v) is 3.05. The van der Waals surface area contributed by atoms with E-state index in [1.54, 1.807) is 6.92 Å². The third kappa shape index (κ3) is 1.43. The lowest BCUT2D eigenvalue weighted by Gasteiger charge is -1.98. The first-order chi connectivity index (χ1) is 4.13. The van der Waals surface area contributed by atoms with Gasteiger partial charge in [0.25, 0.3) is 0 Å². The summed E-state index contributed by atoms with van der Waals surface area (Å²) in [7, 11) is 0. The van der Waals surface area contributed by atoms with Gasteiger partial charge < -0.3 is 9.84 Å². The van der Waals surface area contributed by atoms with E-state index in [1.807, 2.05) is 0 Å². The molecule has 3 unspecified atom stereocenters.